The molecule has 1 atom stereocenters. The number of esters is 1. The number of furan rings is 1. The van der Waals surface area contributed by atoms with Crippen molar-refractivity contribution in [2.24, 2.45) is 0 Å². The predicted octanol–water partition coefficient (Wildman–Crippen LogP) is 2.36. The Morgan fingerprint density at radius 1 is 1.47 bits per heavy atom. The van der Waals surface area contributed by atoms with Crippen molar-refractivity contribution in [3.63, 3.8) is 0 Å². The molecular weight excluding hydrogens is 218 g/mol. The van der Waals surface area contributed by atoms with E-state index in [2.05, 4.69) is 0 Å². The van der Waals surface area contributed by atoms with E-state index in [1.165, 1.54) is 0 Å². The highest BCUT2D eigenvalue weighted by molar-refractivity contribution is 5.75. The van der Waals surface area contributed by atoms with Crippen LogP contribution >= 0.6 is 0 Å². The highest BCUT2D eigenvalue weighted by Gasteiger charge is 2.23. The molecule has 96 valence electrons. The second-order valence-electron chi connectivity index (χ2n) is 4.10. The molecule has 0 aliphatic carbocycles. The minimum absolute atomic E-state index is 0.166. The molecule has 4 nitrogen and oxygen atoms in total. The summed E-state index contributed by atoms with van der Waals surface area (Å²) in [4.78, 5) is 13.7. The second kappa shape index (κ2) is 6.45. The molecule has 0 aliphatic heterocycles. The number of likely N-dealkylation sites (N-methyl/N-ethyl adjacent to an activating group) is 1. The van der Waals surface area contributed by atoms with Crippen LogP contribution in [0.25, 0.3) is 0 Å². The minimum Gasteiger partial charge on any atom is -0.465 e. The van der Waals surface area contributed by atoms with Crippen molar-refractivity contribution in [2.45, 2.75) is 39.8 Å². The molecule has 1 aromatic rings. The van der Waals surface area contributed by atoms with Gasteiger partial charge in [0.15, 0.2) is 0 Å². The number of hydrogen-bond acceptors (Lipinski definition) is 4. The molecule has 0 radical (unpaired) electrons. The van der Waals surface area contributed by atoms with E-state index in [9.17, 15) is 4.79 Å². The second-order valence-corrected chi connectivity index (χ2v) is 4.10. The first-order chi connectivity index (χ1) is 8.08. The van der Waals surface area contributed by atoms with E-state index in [-0.39, 0.29) is 12.0 Å². The number of carbonyl (C=O) groups is 1. The van der Waals surface area contributed by atoms with Gasteiger partial charge in [-0.15, -0.1) is 0 Å². The number of aryl methyl sites for hydroxylation is 1. The number of nitrogens with zero attached hydrogens (tertiary/aromatic N) is 1. The number of rotatable bonds is 6. The third-order valence-corrected chi connectivity index (χ3v) is 2.68. The van der Waals surface area contributed by atoms with Gasteiger partial charge in [0.1, 0.15) is 17.6 Å². The van der Waals surface area contributed by atoms with Gasteiger partial charge in [-0.25, -0.2) is 0 Å². The maximum absolute atomic E-state index is 11.7. The van der Waals surface area contributed by atoms with Gasteiger partial charge in [-0.1, -0.05) is 6.92 Å². The molecule has 0 aliphatic rings. The smallest absolute Gasteiger partial charge is 0.323 e. The third kappa shape index (κ3) is 3.89. The zero-order valence-corrected chi connectivity index (χ0v) is 11.0. The Labute approximate surface area is 103 Å². The van der Waals surface area contributed by atoms with Gasteiger partial charge in [0.25, 0.3) is 0 Å². The van der Waals surface area contributed by atoms with Crippen molar-refractivity contribution in [3.8, 4) is 0 Å². The van der Waals surface area contributed by atoms with Crippen molar-refractivity contribution < 1.29 is 13.9 Å². The van der Waals surface area contributed by atoms with E-state index in [4.69, 9.17) is 9.15 Å². The monoisotopic (exact) mass is 239 g/mol. The van der Waals surface area contributed by atoms with E-state index in [1.54, 1.807) is 0 Å². The highest BCUT2D eigenvalue weighted by atomic mass is 16.5. The fourth-order valence-corrected chi connectivity index (χ4v) is 1.82. The predicted molar refractivity (Wildman–Crippen MR) is 65.6 cm³/mol. The van der Waals surface area contributed by atoms with Crippen LogP contribution in [0.2, 0.25) is 0 Å². The highest BCUT2D eigenvalue weighted by Crippen LogP contribution is 2.12. The quantitative estimate of drug-likeness (QED) is 0.715. The molecule has 0 bridgehead atoms. The van der Waals surface area contributed by atoms with Gasteiger partial charge in [0.2, 0.25) is 0 Å². The molecule has 1 aromatic heterocycles. The van der Waals surface area contributed by atoms with Crippen LogP contribution in [-0.2, 0) is 16.1 Å². The molecule has 0 saturated carbocycles. The first-order valence-corrected chi connectivity index (χ1v) is 6.00. The number of carbonyl (C=O) groups excluding carboxylic acids is 1. The van der Waals surface area contributed by atoms with Gasteiger partial charge in [-0.2, -0.15) is 0 Å². The fraction of sp³-hybridized carbons (Fsp3) is 0.615. The zero-order valence-electron chi connectivity index (χ0n) is 11.0. The van der Waals surface area contributed by atoms with Crippen LogP contribution in [0, 0.1) is 6.92 Å². The lowest BCUT2D eigenvalue weighted by Gasteiger charge is -2.24. The fourth-order valence-electron chi connectivity index (χ4n) is 1.82. The Morgan fingerprint density at radius 2 is 2.18 bits per heavy atom. The lowest BCUT2D eigenvalue weighted by atomic mass is 10.2. The van der Waals surface area contributed by atoms with Crippen LogP contribution in [0.5, 0.6) is 0 Å². The van der Waals surface area contributed by atoms with Gasteiger partial charge < -0.3 is 9.15 Å². The summed E-state index contributed by atoms with van der Waals surface area (Å²) in [5.41, 5.74) is 0. The number of hydrogen-bond donors (Lipinski definition) is 0. The van der Waals surface area contributed by atoms with Crippen LogP contribution < -0.4 is 0 Å². The Balaban J connectivity index is 2.60. The normalized spacial score (nSPS) is 12.8. The molecule has 1 unspecified atom stereocenters. The summed E-state index contributed by atoms with van der Waals surface area (Å²) in [6, 6.07) is 3.65. The van der Waals surface area contributed by atoms with Gasteiger partial charge in [-0.3, -0.25) is 9.69 Å². The van der Waals surface area contributed by atoms with Crippen molar-refractivity contribution in [2.75, 3.05) is 13.7 Å². The first-order valence-electron chi connectivity index (χ1n) is 6.00. The Morgan fingerprint density at radius 3 is 2.65 bits per heavy atom. The summed E-state index contributed by atoms with van der Waals surface area (Å²) in [7, 11) is 1.91. The van der Waals surface area contributed by atoms with Gasteiger partial charge >= 0.3 is 5.97 Å². The topological polar surface area (TPSA) is 42.7 Å². The standard InChI is InChI=1S/C13H21NO3/c1-5-12(13(15)16-6-2)14(4)9-11-8-7-10(3)17-11/h7-8,12H,5-6,9H2,1-4H3. The summed E-state index contributed by atoms with van der Waals surface area (Å²) in [5, 5.41) is 0. The van der Waals surface area contributed by atoms with E-state index < -0.39 is 0 Å². The lowest BCUT2D eigenvalue weighted by Crippen LogP contribution is -2.38. The summed E-state index contributed by atoms with van der Waals surface area (Å²) in [6.07, 6.45) is 0.731. The Kier molecular flexibility index (Phi) is 5.22. The molecule has 0 aromatic carbocycles. The van der Waals surface area contributed by atoms with E-state index in [1.807, 2.05) is 44.9 Å². The molecule has 0 amide bonds. The Bertz CT molecular complexity index is 359. The molecule has 1 rings (SSSR count). The van der Waals surface area contributed by atoms with Crippen LogP contribution in [0.15, 0.2) is 16.5 Å². The van der Waals surface area contributed by atoms with Crippen molar-refractivity contribution in [1.29, 1.82) is 0 Å². The third-order valence-electron chi connectivity index (χ3n) is 2.68. The summed E-state index contributed by atoms with van der Waals surface area (Å²) < 4.78 is 10.5. The van der Waals surface area contributed by atoms with E-state index in [0.717, 1.165) is 17.9 Å². The van der Waals surface area contributed by atoms with Crippen LogP contribution in [0.4, 0.5) is 0 Å². The molecule has 1 heterocycles. The SMILES string of the molecule is CCOC(=O)C(CC)N(C)Cc1ccc(C)o1. The zero-order chi connectivity index (χ0) is 12.8. The summed E-state index contributed by atoms with van der Waals surface area (Å²) >= 11 is 0. The first kappa shape index (κ1) is 13.8. The summed E-state index contributed by atoms with van der Waals surface area (Å²) in [5.74, 6) is 1.59. The molecule has 0 saturated heterocycles. The molecule has 0 spiro atoms. The van der Waals surface area contributed by atoms with Crippen molar-refractivity contribution in [1.82, 2.24) is 4.90 Å². The molecule has 4 heteroatoms. The molecular formula is C13H21NO3. The van der Waals surface area contributed by atoms with E-state index >= 15 is 0 Å². The largest absolute Gasteiger partial charge is 0.465 e. The average Bonchev–Trinajstić information content (AvgIpc) is 2.65. The lowest BCUT2D eigenvalue weighted by molar-refractivity contribution is -0.149. The van der Waals surface area contributed by atoms with Gasteiger partial charge in [0, 0.05) is 0 Å². The van der Waals surface area contributed by atoms with Crippen molar-refractivity contribution in [3.05, 3.63) is 23.7 Å². The van der Waals surface area contributed by atoms with Gasteiger partial charge in [0.05, 0.1) is 13.2 Å². The van der Waals surface area contributed by atoms with Crippen molar-refractivity contribution >= 4 is 5.97 Å². The maximum Gasteiger partial charge on any atom is 0.323 e. The van der Waals surface area contributed by atoms with Gasteiger partial charge in [-0.05, 0) is 39.4 Å². The molecule has 0 fully saturated rings. The Hall–Kier alpha value is -1.29. The summed E-state index contributed by atoms with van der Waals surface area (Å²) in [6.45, 7) is 6.74. The van der Waals surface area contributed by atoms with Crippen LogP contribution in [0.3, 0.4) is 0 Å². The molecule has 17 heavy (non-hydrogen) atoms. The number of ether oxygens (including phenoxy) is 1. The van der Waals surface area contributed by atoms with Crippen LogP contribution in [-0.4, -0.2) is 30.6 Å². The van der Waals surface area contributed by atoms with E-state index in [0.29, 0.717) is 13.2 Å². The minimum atomic E-state index is -0.208. The molecule has 0 N–H and O–H groups in total. The van der Waals surface area contributed by atoms with Crippen LogP contribution in [0.1, 0.15) is 31.8 Å². The average molecular weight is 239 g/mol. The maximum atomic E-state index is 11.7.